The summed E-state index contributed by atoms with van der Waals surface area (Å²) in [7, 11) is 1.94. The van der Waals surface area contributed by atoms with Crippen molar-refractivity contribution in [2.75, 3.05) is 0 Å². The lowest BCUT2D eigenvalue weighted by atomic mass is 10.0. The van der Waals surface area contributed by atoms with Gasteiger partial charge in [-0.05, 0) is 69.2 Å². The molecule has 24 heavy (non-hydrogen) atoms. The van der Waals surface area contributed by atoms with Crippen molar-refractivity contribution in [1.29, 1.82) is 0 Å². The van der Waals surface area contributed by atoms with E-state index in [0.717, 1.165) is 23.5 Å². The minimum atomic E-state index is 0.0495. The fourth-order valence-electron chi connectivity index (χ4n) is 3.26. The zero-order valence-electron chi connectivity index (χ0n) is 15.0. The molecule has 2 aromatic rings. The van der Waals surface area contributed by atoms with Gasteiger partial charge in [0.1, 0.15) is 0 Å². The number of aryl methyl sites for hydroxylation is 3. The van der Waals surface area contributed by atoms with E-state index in [1.807, 2.05) is 30.9 Å². The van der Waals surface area contributed by atoms with Gasteiger partial charge in [0.25, 0.3) is 0 Å². The van der Waals surface area contributed by atoms with Crippen molar-refractivity contribution in [3.05, 3.63) is 46.5 Å². The molecule has 1 aliphatic rings. The van der Waals surface area contributed by atoms with Gasteiger partial charge in [-0.15, -0.1) is 0 Å². The third-order valence-corrected chi connectivity index (χ3v) is 4.93. The molecule has 5 heteroatoms. The van der Waals surface area contributed by atoms with Crippen LogP contribution >= 0.6 is 0 Å². The van der Waals surface area contributed by atoms with Gasteiger partial charge in [-0.2, -0.15) is 5.10 Å². The summed E-state index contributed by atoms with van der Waals surface area (Å²) in [5.41, 5.74) is 5.51. The number of pyridine rings is 1. The van der Waals surface area contributed by atoms with Crippen LogP contribution in [0.1, 0.15) is 53.5 Å². The third-order valence-electron chi connectivity index (χ3n) is 4.93. The molecule has 0 aromatic carbocycles. The highest BCUT2D eigenvalue weighted by molar-refractivity contribution is 5.76. The Hall–Kier alpha value is -2.17. The van der Waals surface area contributed by atoms with Crippen LogP contribution in [-0.2, 0) is 18.3 Å². The van der Waals surface area contributed by atoms with Crippen LogP contribution in [0.2, 0.25) is 0 Å². The number of hydrogen-bond acceptors (Lipinski definition) is 3. The van der Waals surface area contributed by atoms with Crippen molar-refractivity contribution in [2.45, 2.75) is 52.5 Å². The first-order valence-corrected chi connectivity index (χ1v) is 8.66. The van der Waals surface area contributed by atoms with E-state index in [-0.39, 0.29) is 11.9 Å². The van der Waals surface area contributed by atoms with Crippen LogP contribution in [0.15, 0.2) is 18.3 Å². The van der Waals surface area contributed by atoms with Gasteiger partial charge >= 0.3 is 0 Å². The first-order chi connectivity index (χ1) is 11.5. The molecule has 128 valence electrons. The Morgan fingerprint density at radius 2 is 2.12 bits per heavy atom. The molecule has 1 saturated carbocycles. The smallest absolute Gasteiger partial charge is 0.220 e. The molecule has 2 heterocycles. The number of nitrogens with one attached hydrogen (secondary N) is 1. The van der Waals surface area contributed by atoms with Crippen LogP contribution in [-0.4, -0.2) is 20.7 Å². The molecule has 0 radical (unpaired) electrons. The van der Waals surface area contributed by atoms with Crippen molar-refractivity contribution >= 4 is 5.91 Å². The second-order valence-electron chi connectivity index (χ2n) is 6.91. The second-order valence-corrected chi connectivity index (χ2v) is 6.91. The number of carbonyl (C=O) groups is 1. The van der Waals surface area contributed by atoms with Crippen LogP contribution in [0.25, 0.3) is 0 Å². The SMILES string of the molecule is Cc1ccnc([C@H](NC(=O)CCc2c(C)nn(C)c2C)C2CC2)c1. The van der Waals surface area contributed by atoms with Crippen LogP contribution in [0.5, 0.6) is 0 Å². The standard InChI is InChI=1S/C19H26N4O/c1-12-9-10-20-17(11-12)19(15-5-6-15)21-18(24)8-7-16-13(2)22-23(4)14(16)3/h9-11,15,19H,5-8H2,1-4H3,(H,21,24)/t19-/m1/s1. The number of nitrogens with zero attached hydrogens (tertiary/aromatic N) is 3. The lowest BCUT2D eigenvalue weighted by Gasteiger charge is -2.18. The van der Waals surface area contributed by atoms with Gasteiger partial charge in [0, 0.05) is 25.4 Å². The summed E-state index contributed by atoms with van der Waals surface area (Å²) in [6, 6.07) is 4.12. The summed E-state index contributed by atoms with van der Waals surface area (Å²) in [5, 5.41) is 7.63. The minimum absolute atomic E-state index is 0.0495. The van der Waals surface area contributed by atoms with Gasteiger partial charge in [-0.3, -0.25) is 14.5 Å². The molecule has 1 atom stereocenters. The van der Waals surface area contributed by atoms with E-state index in [1.54, 1.807) is 0 Å². The maximum absolute atomic E-state index is 12.5. The Kier molecular flexibility index (Phi) is 4.69. The molecular weight excluding hydrogens is 300 g/mol. The fourth-order valence-corrected chi connectivity index (χ4v) is 3.26. The first-order valence-electron chi connectivity index (χ1n) is 8.66. The molecule has 5 nitrogen and oxygen atoms in total. The van der Waals surface area contributed by atoms with Crippen molar-refractivity contribution in [2.24, 2.45) is 13.0 Å². The third kappa shape index (κ3) is 3.66. The summed E-state index contributed by atoms with van der Waals surface area (Å²) in [5.74, 6) is 0.628. The molecule has 3 rings (SSSR count). The molecule has 1 amide bonds. The molecule has 0 bridgehead atoms. The van der Waals surface area contributed by atoms with Gasteiger partial charge < -0.3 is 5.32 Å². The Labute approximate surface area is 143 Å². The molecule has 2 aromatic heterocycles. The average molecular weight is 326 g/mol. The number of aromatic nitrogens is 3. The number of carbonyl (C=O) groups excluding carboxylic acids is 1. The monoisotopic (exact) mass is 326 g/mol. The maximum Gasteiger partial charge on any atom is 0.220 e. The van der Waals surface area contributed by atoms with E-state index in [2.05, 4.69) is 35.3 Å². The van der Waals surface area contributed by atoms with E-state index in [0.29, 0.717) is 12.3 Å². The normalized spacial score (nSPS) is 15.3. The minimum Gasteiger partial charge on any atom is -0.347 e. The van der Waals surface area contributed by atoms with Crippen LogP contribution in [0.4, 0.5) is 0 Å². The van der Waals surface area contributed by atoms with Gasteiger partial charge in [-0.25, -0.2) is 0 Å². The molecule has 0 spiro atoms. The van der Waals surface area contributed by atoms with Crippen molar-refractivity contribution < 1.29 is 4.79 Å². The first kappa shape index (κ1) is 16.7. The van der Waals surface area contributed by atoms with Crippen LogP contribution < -0.4 is 5.32 Å². The summed E-state index contributed by atoms with van der Waals surface area (Å²) < 4.78 is 1.88. The zero-order valence-corrected chi connectivity index (χ0v) is 15.0. The highest BCUT2D eigenvalue weighted by Crippen LogP contribution is 2.40. The van der Waals surface area contributed by atoms with Gasteiger partial charge in [0.15, 0.2) is 0 Å². The molecule has 1 N–H and O–H groups in total. The maximum atomic E-state index is 12.5. The Bertz CT molecular complexity index is 746. The largest absolute Gasteiger partial charge is 0.347 e. The van der Waals surface area contributed by atoms with Gasteiger partial charge in [-0.1, -0.05) is 0 Å². The molecule has 0 saturated heterocycles. The lowest BCUT2D eigenvalue weighted by Crippen LogP contribution is -2.30. The van der Waals surface area contributed by atoms with Crippen LogP contribution in [0, 0.1) is 26.7 Å². The van der Waals surface area contributed by atoms with Crippen LogP contribution in [0.3, 0.4) is 0 Å². The molecular formula is C19H26N4O. The molecule has 1 aliphatic carbocycles. The lowest BCUT2D eigenvalue weighted by molar-refractivity contribution is -0.122. The number of rotatable bonds is 6. The van der Waals surface area contributed by atoms with E-state index in [9.17, 15) is 4.79 Å². The van der Waals surface area contributed by atoms with E-state index < -0.39 is 0 Å². The highest BCUT2D eigenvalue weighted by atomic mass is 16.1. The Balaban J connectivity index is 1.64. The van der Waals surface area contributed by atoms with Gasteiger partial charge in [0.2, 0.25) is 5.91 Å². The van der Waals surface area contributed by atoms with Crippen molar-refractivity contribution in [1.82, 2.24) is 20.1 Å². The van der Waals surface area contributed by atoms with E-state index in [4.69, 9.17) is 0 Å². The Morgan fingerprint density at radius 3 is 2.71 bits per heavy atom. The predicted molar refractivity (Wildman–Crippen MR) is 93.6 cm³/mol. The molecule has 0 unspecified atom stereocenters. The average Bonchev–Trinajstić information content (AvgIpc) is 3.33. The Morgan fingerprint density at radius 1 is 1.38 bits per heavy atom. The summed E-state index contributed by atoms with van der Waals surface area (Å²) in [6.45, 7) is 6.12. The van der Waals surface area contributed by atoms with Crippen molar-refractivity contribution in [3.8, 4) is 0 Å². The number of amides is 1. The van der Waals surface area contributed by atoms with E-state index >= 15 is 0 Å². The van der Waals surface area contributed by atoms with Crippen molar-refractivity contribution in [3.63, 3.8) is 0 Å². The van der Waals surface area contributed by atoms with E-state index in [1.165, 1.54) is 24.0 Å². The summed E-state index contributed by atoms with van der Waals surface area (Å²) in [6.07, 6.45) is 5.38. The summed E-state index contributed by atoms with van der Waals surface area (Å²) in [4.78, 5) is 17.0. The second kappa shape index (κ2) is 6.75. The number of hydrogen-bond donors (Lipinski definition) is 1. The quantitative estimate of drug-likeness (QED) is 0.888. The summed E-state index contributed by atoms with van der Waals surface area (Å²) >= 11 is 0. The van der Waals surface area contributed by atoms with Gasteiger partial charge in [0.05, 0.1) is 17.4 Å². The fraction of sp³-hybridized carbons (Fsp3) is 0.526. The highest BCUT2D eigenvalue weighted by Gasteiger charge is 2.34. The molecule has 0 aliphatic heterocycles. The predicted octanol–water partition coefficient (Wildman–Crippen LogP) is 2.94. The topological polar surface area (TPSA) is 59.8 Å². The molecule has 1 fully saturated rings. The zero-order chi connectivity index (χ0) is 17.3.